The zero-order chi connectivity index (χ0) is 24.5. The second kappa shape index (κ2) is 9.79. The summed E-state index contributed by atoms with van der Waals surface area (Å²) in [4.78, 5) is 34.6. The van der Waals surface area contributed by atoms with Crippen molar-refractivity contribution < 1.29 is 27.5 Å². The van der Waals surface area contributed by atoms with E-state index in [-0.39, 0.29) is 19.0 Å². The highest BCUT2D eigenvalue weighted by Gasteiger charge is 2.47. The first-order valence-corrected chi connectivity index (χ1v) is 11.2. The Morgan fingerprint density at radius 2 is 1.71 bits per heavy atom. The molecule has 4 rings (SSSR count). The summed E-state index contributed by atoms with van der Waals surface area (Å²) in [6.07, 6.45) is -6.19. The number of carbonyl (C=O) groups excluding carboxylic acids is 2. The second-order valence-electron chi connectivity index (χ2n) is 8.39. The molecule has 0 bridgehead atoms. The van der Waals surface area contributed by atoms with Gasteiger partial charge in [-0.2, -0.15) is 13.2 Å². The molecule has 182 valence electrons. The van der Waals surface area contributed by atoms with E-state index in [9.17, 15) is 22.8 Å². The summed E-state index contributed by atoms with van der Waals surface area (Å²) in [6.45, 7) is 4.22. The molecular weight excluding hydrogens is 473 g/mol. The Hall–Kier alpha value is -2.85. The number of pyridine rings is 1. The van der Waals surface area contributed by atoms with Gasteiger partial charge in [-0.3, -0.25) is 9.69 Å². The summed E-state index contributed by atoms with van der Waals surface area (Å²) < 4.78 is 43.6. The number of halogens is 4. The maximum Gasteiger partial charge on any atom is 0.490 e. The molecule has 1 aromatic carbocycles. The van der Waals surface area contributed by atoms with Crippen LogP contribution in [-0.2, 0) is 9.53 Å². The Bertz CT molecular complexity index is 1040. The predicted molar refractivity (Wildman–Crippen MR) is 120 cm³/mol. The Morgan fingerprint density at radius 3 is 2.32 bits per heavy atom. The fourth-order valence-electron chi connectivity index (χ4n) is 4.36. The number of piperazine rings is 1. The third-order valence-corrected chi connectivity index (χ3v) is 6.34. The van der Waals surface area contributed by atoms with Gasteiger partial charge >= 0.3 is 12.1 Å². The average Bonchev–Trinajstić information content (AvgIpc) is 3.22. The van der Waals surface area contributed by atoms with Crippen LogP contribution >= 0.6 is 11.6 Å². The van der Waals surface area contributed by atoms with Gasteiger partial charge in [-0.05, 0) is 43.3 Å². The first kappa shape index (κ1) is 24.3. The number of aryl methyl sites for hydroxylation is 1. The summed E-state index contributed by atoms with van der Waals surface area (Å²) in [7, 11) is 0. The number of hydrogen-bond acceptors (Lipinski definition) is 6. The summed E-state index contributed by atoms with van der Waals surface area (Å²) in [5.41, 5.74) is 1.26. The van der Waals surface area contributed by atoms with E-state index in [4.69, 9.17) is 16.3 Å². The Morgan fingerprint density at radius 1 is 1.03 bits per heavy atom. The normalized spacial score (nSPS) is 21.6. The zero-order valence-electron chi connectivity index (χ0n) is 18.5. The van der Waals surface area contributed by atoms with E-state index in [0.29, 0.717) is 36.8 Å². The van der Waals surface area contributed by atoms with Crippen LogP contribution in [-0.4, -0.2) is 84.3 Å². The molecule has 34 heavy (non-hydrogen) atoms. The quantitative estimate of drug-likeness (QED) is 0.606. The summed E-state index contributed by atoms with van der Waals surface area (Å²) >= 11 is 5.88. The fraction of sp³-hybridized carbons (Fsp3) is 0.435. The number of nitrogens with zero attached hydrogens (tertiary/aromatic N) is 4. The van der Waals surface area contributed by atoms with Gasteiger partial charge in [-0.25, -0.2) is 9.78 Å². The molecule has 2 saturated heterocycles. The first-order valence-electron chi connectivity index (χ1n) is 10.9. The number of ether oxygens (including phenoxy) is 1. The van der Waals surface area contributed by atoms with Crippen LogP contribution in [0.15, 0.2) is 42.5 Å². The number of likely N-dealkylation sites (tertiary alicyclic amines) is 1. The number of rotatable bonds is 4. The first-order chi connectivity index (χ1) is 16.1. The molecule has 0 N–H and O–H groups in total. The molecule has 0 aliphatic carbocycles. The minimum atomic E-state index is -5.10. The molecule has 2 fully saturated rings. The molecule has 0 radical (unpaired) electrons. The number of aromatic nitrogens is 1. The van der Waals surface area contributed by atoms with Crippen molar-refractivity contribution in [2.75, 3.05) is 44.2 Å². The minimum absolute atomic E-state index is 0.117. The van der Waals surface area contributed by atoms with Crippen molar-refractivity contribution in [1.82, 2.24) is 14.8 Å². The number of amides is 1. The lowest BCUT2D eigenvalue weighted by molar-refractivity contribution is -0.206. The molecule has 1 aromatic heterocycles. The van der Waals surface area contributed by atoms with E-state index < -0.39 is 24.3 Å². The van der Waals surface area contributed by atoms with Crippen molar-refractivity contribution in [1.29, 1.82) is 0 Å². The molecule has 0 saturated carbocycles. The van der Waals surface area contributed by atoms with Crippen LogP contribution in [0.2, 0.25) is 5.02 Å². The van der Waals surface area contributed by atoms with Crippen LogP contribution in [0.5, 0.6) is 0 Å². The Balaban J connectivity index is 1.48. The van der Waals surface area contributed by atoms with Crippen LogP contribution in [0.25, 0.3) is 0 Å². The van der Waals surface area contributed by atoms with E-state index in [2.05, 4.69) is 9.88 Å². The molecule has 2 aliphatic heterocycles. The molecule has 7 nitrogen and oxygen atoms in total. The average molecular weight is 497 g/mol. The number of carbonyl (C=O) groups is 2. The maximum atomic E-state index is 13.0. The van der Waals surface area contributed by atoms with E-state index in [0.717, 1.165) is 11.5 Å². The standard InChI is InChI=1S/C23H24ClF3N4O3/c1-15-3-2-4-20(28-15)30-11-9-29(10-12-30)18-13-31(14-19(18)34-22(33)23(25,26)27)21(32)16-5-7-17(24)8-6-16/h2-8,18-19H,9-14H2,1H3/t18-,19-/m0/s1. The van der Waals surface area contributed by atoms with Crippen LogP contribution in [0, 0.1) is 6.92 Å². The predicted octanol–water partition coefficient (Wildman–Crippen LogP) is 3.16. The molecule has 0 unspecified atom stereocenters. The largest absolute Gasteiger partial charge is 0.490 e. The van der Waals surface area contributed by atoms with Crippen LogP contribution in [0.1, 0.15) is 16.1 Å². The van der Waals surface area contributed by atoms with Crippen LogP contribution < -0.4 is 4.90 Å². The van der Waals surface area contributed by atoms with Crippen molar-refractivity contribution in [2.24, 2.45) is 0 Å². The Kier molecular flexibility index (Phi) is 6.99. The fourth-order valence-corrected chi connectivity index (χ4v) is 4.48. The van der Waals surface area contributed by atoms with Gasteiger partial charge in [0.15, 0.2) is 0 Å². The van der Waals surface area contributed by atoms with Gasteiger partial charge in [0.25, 0.3) is 5.91 Å². The molecule has 2 atom stereocenters. The molecule has 2 aromatic rings. The monoisotopic (exact) mass is 496 g/mol. The zero-order valence-corrected chi connectivity index (χ0v) is 19.2. The van der Waals surface area contributed by atoms with Crippen molar-refractivity contribution in [3.8, 4) is 0 Å². The summed E-state index contributed by atoms with van der Waals surface area (Å²) in [6, 6.07) is 11.5. The van der Waals surface area contributed by atoms with Gasteiger partial charge in [0.1, 0.15) is 11.9 Å². The molecule has 3 heterocycles. The van der Waals surface area contributed by atoms with Gasteiger partial charge in [0.2, 0.25) is 0 Å². The van der Waals surface area contributed by atoms with Crippen molar-refractivity contribution in [2.45, 2.75) is 25.2 Å². The highest BCUT2D eigenvalue weighted by atomic mass is 35.5. The van der Waals surface area contributed by atoms with Gasteiger partial charge in [-0.15, -0.1) is 0 Å². The molecule has 11 heteroatoms. The number of hydrogen-bond donors (Lipinski definition) is 0. The van der Waals surface area contributed by atoms with Crippen molar-refractivity contribution in [3.05, 3.63) is 58.7 Å². The van der Waals surface area contributed by atoms with Crippen molar-refractivity contribution in [3.63, 3.8) is 0 Å². The van der Waals surface area contributed by atoms with Gasteiger partial charge < -0.3 is 14.5 Å². The third-order valence-electron chi connectivity index (χ3n) is 6.09. The highest BCUT2D eigenvalue weighted by molar-refractivity contribution is 6.30. The van der Waals surface area contributed by atoms with E-state index >= 15 is 0 Å². The van der Waals surface area contributed by atoms with Crippen LogP contribution in [0.3, 0.4) is 0 Å². The highest BCUT2D eigenvalue weighted by Crippen LogP contribution is 2.27. The van der Waals surface area contributed by atoms with Gasteiger partial charge in [0, 0.05) is 49.0 Å². The third kappa shape index (κ3) is 5.44. The summed E-state index contributed by atoms with van der Waals surface area (Å²) in [5, 5.41) is 0.466. The Labute approximate surface area is 200 Å². The maximum absolute atomic E-state index is 13.0. The smallest absolute Gasteiger partial charge is 0.452 e. The number of benzene rings is 1. The topological polar surface area (TPSA) is 66.0 Å². The number of alkyl halides is 3. The lowest BCUT2D eigenvalue weighted by Gasteiger charge is -2.39. The van der Waals surface area contributed by atoms with E-state index in [1.165, 1.54) is 4.90 Å². The molecule has 1 amide bonds. The lowest BCUT2D eigenvalue weighted by Crippen LogP contribution is -2.55. The molecule has 2 aliphatic rings. The number of anilines is 1. The van der Waals surface area contributed by atoms with E-state index in [1.54, 1.807) is 24.3 Å². The SMILES string of the molecule is Cc1cccc(N2CCN([C@H]3CN(C(=O)c4ccc(Cl)cc4)C[C@@H]3OC(=O)C(F)(F)F)CC2)n1. The van der Waals surface area contributed by atoms with Gasteiger partial charge in [0.05, 0.1) is 12.6 Å². The van der Waals surface area contributed by atoms with Gasteiger partial charge in [-0.1, -0.05) is 17.7 Å². The molecular formula is C23H24ClF3N4O3. The minimum Gasteiger partial charge on any atom is -0.452 e. The van der Waals surface area contributed by atoms with E-state index in [1.807, 2.05) is 30.0 Å². The van der Waals surface area contributed by atoms with Crippen molar-refractivity contribution >= 4 is 29.3 Å². The van der Waals surface area contributed by atoms with Crippen LogP contribution in [0.4, 0.5) is 19.0 Å². The summed E-state index contributed by atoms with van der Waals surface area (Å²) in [5.74, 6) is -1.76. The molecule has 0 spiro atoms. The number of esters is 1. The second-order valence-corrected chi connectivity index (χ2v) is 8.82. The lowest BCUT2D eigenvalue weighted by atomic mass is 10.1.